The van der Waals surface area contributed by atoms with Gasteiger partial charge in [-0.05, 0) is 36.4 Å². The first-order valence-electron chi connectivity index (χ1n) is 7.31. The van der Waals surface area contributed by atoms with Crippen molar-refractivity contribution < 1.29 is 14.8 Å². The zero-order valence-electron chi connectivity index (χ0n) is 13.2. The van der Waals surface area contributed by atoms with Crippen molar-refractivity contribution in [2.75, 3.05) is 10.6 Å². The van der Waals surface area contributed by atoms with Crippen molar-refractivity contribution in [1.82, 2.24) is 15.0 Å². The zero-order chi connectivity index (χ0) is 18.5. The number of nitrogens with zero attached hydrogens (tertiary/aromatic N) is 4. The summed E-state index contributed by atoms with van der Waals surface area (Å²) in [5, 5.41) is 26.1. The Morgan fingerprint density at radius 2 is 1.50 bits per heavy atom. The van der Waals surface area contributed by atoms with Gasteiger partial charge in [0, 0.05) is 23.8 Å². The second kappa shape index (κ2) is 7.21. The van der Waals surface area contributed by atoms with E-state index < -0.39 is 10.9 Å². The van der Waals surface area contributed by atoms with Gasteiger partial charge in [0.05, 0.1) is 10.5 Å². The van der Waals surface area contributed by atoms with Crippen LogP contribution in [-0.4, -0.2) is 31.0 Å². The summed E-state index contributed by atoms with van der Waals surface area (Å²) >= 11 is 0. The minimum Gasteiger partial charge on any atom is -0.478 e. The van der Waals surface area contributed by atoms with Crippen LogP contribution in [0.5, 0.6) is 0 Å². The first-order chi connectivity index (χ1) is 12.5. The summed E-state index contributed by atoms with van der Waals surface area (Å²) in [5.41, 5.74) is 0.796. The highest BCUT2D eigenvalue weighted by molar-refractivity contribution is 5.88. The van der Waals surface area contributed by atoms with Crippen LogP contribution in [0.25, 0.3) is 0 Å². The SMILES string of the molecule is O=C(O)c1ccc(Nc2ncnc(Nc3ccncc3)c2[N+](=O)[O-])cc1. The van der Waals surface area contributed by atoms with Gasteiger partial charge in [0.25, 0.3) is 0 Å². The number of aromatic nitrogens is 3. The van der Waals surface area contributed by atoms with Gasteiger partial charge in [0.1, 0.15) is 6.33 Å². The smallest absolute Gasteiger partial charge is 0.353 e. The summed E-state index contributed by atoms with van der Waals surface area (Å²) in [4.78, 5) is 33.5. The van der Waals surface area contributed by atoms with E-state index in [4.69, 9.17) is 5.11 Å². The fourth-order valence-corrected chi connectivity index (χ4v) is 2.14. The topological polar surface area (TPSA) is 143 Å². The highest BCUT2D eigenvalue weighted by atomic mass is 16.6. The number of anilines is 4. The minimum absolute atomic E-state index is 0.0147. The molecule has 0 aliphatic carbocycles. The van der Waals surface area contributed by atoms with Crippen LogP contribution in [0.15, 0.2) is 55.1 Å². The van der Waals surface area contributed by atoms with Crippen LogP contribution in [0.1, 0.15) is 10.4 Å². The average Bonchev–Trinajstić information content (AvgIpc) is 2.63. The summed E-state index contributed by atoms with van der Waals surface area (Å²) in [6.45, 7) is 0. The number of benzene rings is 1. The fourth-order valence-electron chi connectivity index (χ4n) is 2.14. The molecule has 0 radical (unpaired) electrons. The molecule has 0 amide bonds. The number of carbonyl (C=O) groups is 1. The number of carboxylic acids is 1. The average molecular weight is 352 g/mol. The molecule has 0 aliphatic heterocycles. The number of nitrogens with one attached hydrogen (secondary N) is 2. The summed E-state index contributed by atoms with van der Waals surface area (Å²) in [5.74, 6) is -1.07. The lowest BCUT2D eigenvalue weighted by Crippen LogP contribution is -2.05. The Labute approximate surface area is 146 Å². The molecule has 0 aliphatic rings. The third-order valence-corrected chi connectivity index (χ3v) is 3.34. The molecular formula is C16H12N6O4. The first kappa shape index (κ1) is 16.8. The van der Waals surface area contributed by atoms with Crippen molar-refractivity contribution in [3.05, 3.63) is 70.8 Å². The number of pyridine rings is 1. The number of hydrogen-bond donors (Lipinski definition) is 3. The van der Waals surface area contributed by atoms with Crippen molar-refractivity contribution >= 4 is 34.7 Å². The van der Waals surface area contributed by atoms with E-state index in [2.05, 4.69) is 25.6 Å². The number of rotatable bonds is 6. The van der Waals surface area contributed by atoms with Gasteiger partial charge < -0.3 is 15.7 Å². The standard InChI is InChI=1S/C16H12N6O4/c23-16(24)10-1-3-11(4-2-10)20-14-13(22(25)26)15(19-9-18-14)21-12-5-7-17-8-6-12/h1-9H,(H,23,24)(H2,17,18,19,20,21). The molecule has 0 saturated heterocycles. The maximum absolute atomic E-state index is 11.5. The van der Waals surface area contributed by atoms with E-state index in [1.54, 1.807) is 24.5 Å². The lowest BCUT2D eigenvalue weighted by molar-refractivity contribution is -0.383. The number of aromatic carboxylic acids is 1. The molecule has 3 rings (SSSR count). The molecule has 2 heterocycles. The quantitative estimate of drug-likeness (QED) is 0.450. The molecular weight excluding hydrogens is 340 g/mol. The molecule has 0 unspecified atom stereocenters. The van der Waals surface area contributed by atoms with E-state index in [-0.39, 0.29) is 22.9 Å². The van der Waals surface area contributed by atoms with Gasteiger partial charge in [-0.25, -0.2) is 14.8 Å². The second-order valence-electron chi connectivity index (χ2n) is 5.04. The monoisotopic (exact) mass is 352 g/mol. The Bertz CT molecular complexity index is 947. The van der Waals surface area contributed by atoms with Gasteiger partial charge in [0.15, 0.2) is 0 Å². The van der Waals surface area contributed by atoms with Crippen molar-refractivity contribution in [3.8, 4) is 0 Å². The molecule has 0 saturated carbocycles. The molecule has 1 aromatic carbocycles. The van der Waals surface area contributed by atoms with Crippen LogP contribution in [0.2, 0.25) is 0 Å². The maximum atomic E-state index is 11.5. The lowest BCUT2D eigenvalue weighted by Gasteiger charge is -2.10. The molecule has 2 aromatic heterocycles. The molecule has 0 spiro atoms. The molecule has 3 aromatic rings. The molecule has 26 heavy (non-hydrogen) atoms. The van der Waals surface area contributed by atoms with E-state index in [1.165, 1.54) is 30.6 Å². The third-order valence-electron chi connectivity index (χ3n) is 3.34. The van der Waals surface area contributed by atoms with Crippen LogP contribution < -0.4 is 10.6 Å². The highest BCUT2D eigenvalue weighted by Gasteiger charge is 2.23. The number of hydrogen-bond acceptors (Lipinski definition) is 8. The molecule has 130 valence electrons. The van der Waals surface area contributed by atoms with Crippen LogP contribution in [0, 0.1) is 10.1 Å². The number of carboxylic acid groups (broad SMARTS) is 1. The van der Waals surface area contributed by atoms with E-state index in [0.717, 1.165) is 0 Å². The van der Waals surface area contributed by atoms with E-state index >= 15 is 0 Å². The van der Waals surface area contributed by atoms with Crippen LogP contribution in [-0.2, 0) is 0 Å². The van der Waals surface area contributed by atoms with Gasteiger partial charge >= 0.3 is 11.7 Å². The molecule has 10 nitrogen and oxygen atoms in total. The minimum atomic E-state index is -1.06. The Kier molecular flexibility index (Phi) is 4.65. The molecule has 0 bridgehead atoms. The van der Waals surface area contributed by atoms with E-state index in [0.29, 0.717) is 11.4 Å². The van der Waals surface area contributed by atoms with Crippen molar-refractivity contribution in [1.29, 1.82) is 0 Å². The van der Waals surface area contributed by atoms with Gasteiger partial charge in [0.2, 0.25) is 11.6 Å². The van der Waals surface area contributed by atoms with E-state index in [1.807, 2.05) is 0 Å². The zero-order valence-corrected chi connectivity index (χ0v) is 13.2. The fraction of sp³-hybridized carbons (Fsp3) is 0. The molecule has 10 heteroatoms. The van der Waals surface area contributed by atoms with Gasteiger partial charge in [-0.2, -0.15) is 0 Å². The predicted molar refractivity (Wildman–Crippen MR) is 92.9 cm³/mol. The molecule has 0 atom stereocenters. The van der Waals surface area contributed by atoms with Gasteiger partial charge in [-0.1, -0.05) is 0 Å². The van der Waals surface area contributed by atoms with Crippen LogP contribution >= 0.6 is 0 Å². The summed E-state index contributed by atoms with van der Waals surface area (Å²) in [6, 6.07) is 9.03. The summed E-state index contributed by atoms with van der Waals surface area (Å²) in [7, 11) is 0. The maximum Gasteiger partial charge on any atom is 0.353 e. The van der Waals surface area contributed by atoms with Crippen molar-refractivity contribution in [3.63, 3.8) is 0 Å². The van der Waals surface area contributed by atoms with Crippen molar-refractivity contribution in [2.24, 2.45) is 0 Å². The molecule has 0 fully saturated rings. The number of nitro groups is 1. The van der Waals surface area contributed by atoms with Crippen LogP contribution in [0.4, 0.5) is 28.7 Å². The summed E-state index contributed by atoms with van der Waals surface area (Å²) < 4.78 is 0. The first-order valence-corrected chi connectivity index (χ1v) is 7.31. The Balaban J connectivity index is 1.92. The Morgan fingerprint density at radius 3 is 2.00 bits per heavy atom. The van der Waals surface area contributed by atoms with Gasteiger partial charge in [-0.3, -0.25) is 15.1 Å². The van der Waals surface area contributed by atoms with Crippen molar-refractivity contribution in [2.45, 2.75) is 0 Å². The second-order valence-corrected chi connectivity index (χ2v) is 5.04. The summed E-state index contributed by atoms with van der Waals surface area (Å²) in [6.07, 6.45) is 4.27. The van der Waals surface area contributed by atoms with Gasteiger partial charge in [-0.15, -0.1) is 0 Å². The Hall–Kier alpha value is -4.08. The normalized spacial score (nSPS) is 10.2. The largest absolute Gasteiger partial charge is 0.478 e. The van der Waals surface area contributed by atoms with E-state index in [9.17, 15) is 14.9 Å². The van der Waals surface area contributed by atoms with Crippen LogP contribution in [0.3, 0.4) is 0 Å². The third kappa shape index (κ3) is 3.70. The predicted octanol–water partition coefficient (Wildman–Crippen LogP) is 2.97. The lowest BCUT2D eigenvalue weighted by atomic mass is 10.2. The molecule has 3 N–H and O–H groups in total. The Morgan fingerprint density at radius 1 is 0.962 bits per heavy atom. The highest BCUT2D eigenvalue weighted by Crippen LogP contribution is 2.32.